The van der Waals surface area contributed by atoms with E-state index in [1.165, 1.54) is 19.3 Å². The van der Waals surface area contributed by atoms with E-state index in [9.17, 15) is 0 Å². The van der Waals surface area contributed by atoms with Gasteiger partial charge in [0.1, 0.15) is 0 Å². The van der Waals surface area contributed by atoms with Crippen LogP contribution in [0.3, 0.4) is 0 Å². The van der Waals surface area contributed by atoms with Gasteiger partial charge in [0, 0.05) is 13.7 Å². The molecule has 0 amide bonds. The highest BCUT2D eigenvalue weighted by Gasteiger charge is 2.04. The third-order valence-corrected chi connectivity index (χ3v) is 2.17. The minimum absolute atomic E-state index is 0.788. The Labute approximate surface area is 76.7 Å². The number of rotatable bonds is 8. The Morgan fingerprint density at radius 2 is 2.08 bits per heavy atom. The Kier molecular flexibility index (Phi) is 8.95. The number of ether oxygens (including phenoxy) is 1. The highest BCUT2D eigenvalue weighted by atomic mass is 16.5. The van der Waals surface area contributed by atoms with Gasteiger partial charge < -0.3 is 10.1 Å². The van der Waals surface area contributed by atoms with Crippen LogP contribution in [0.5, 0.6) is 0 Å². The largest absolute Gasteiger partial charge is 0.385 e. The Balaban J connectivity index is 3.26. The van der Waals surface area contributed by atoms with Crippen molar-refractivity contribution in [3.8, 4) is 0 Å². The number of hydrogen-bond donors (Lipinski definition) is 1. The molecular formula is C10H23NO. The summed E-state index contributed by atoms with van der Waals surface area (Å²) in [4.78, 5) is 0. The van der Waals surface area contributed by atoms with Crippen molar-refractivity contribution in [1.82, 2.24) is 5.32 Å². The van der Waals surface area contributed by atoms with E-state index in [-0.39, 0.29) is 0 Å². The summed E-state index contributed by atoms with van der Waals surface area (Å²) >= 11 is 0. The van der Waals surface area contributed by atoms with Gasteiger partial charge in [-0.1, -0.05) is 20.3 Å². The van der Waals surface area contributed by atoms with Crippen LogP contribution in [0.4, 0.5) is 0 Å². The van der Waals surface area contributed by atoms with Gasteiger partial charge in [-0.15, -0.1) is 0 Å². The van der Waals surface area contributed by atoms with Crippen molar-refractivity contribution >= 4 is 0 Å². The van der Waals surface area contributed by atoms with Crippen LogP contribution in [0.1, 0.15) is 33.1 Å². The molecule has 0 saturated carbocycles. The van der Waals surface area contributed by atoms with E-state index >= 15 is 0 Å². The number of hydrogen-bond acceptors (Lipinski definition) is 2. The molecule has 0 radical (unpaired) electrons. The molecule has 0 spiro atoms. The van der Waals surface area contributed by atoms with Gasteiger partial charge in [-0.05, 0) is 31.8 Å². The smallest absolute Gasteiger partial charge is 0.0465 e. The zero-order valence-corrected chi connectivity index (χ0v) is 8.73. The molecule has 0 fully saturated rings. The van der Waals surface area contributed by atoms with Crippen LogP contribution in [0.25, 0.3) is 0 Å². The predicted molar refractivity (Wildman–Crippen MR) is 53.4 cm³/mol. The molecule has 0 aromatic carbocycles. The van der Waals surface area contributed by atoms with Crippen LogP contribution < -0.4 is 5.32 Å². The molecule has 2 nitrogen and oxygen atoms in total. The summed E-state index contributed by atoms with van der Waals surface area (Å²) in [5.74, 6) is 0.788. The zero-order valence-electron chi connectivity index (χ0n) is 8.73. The third-order valence-electron chi connectivity index (χ3n) is 2.17. The molecule has 74 valence electrons. The maximum atomic E-state index is 5.05. The van der Waals surface area contributed by atoms with Crippen LogP contribution in [-0.4, -0.2) is 26.8 Å². The maximum absolute atomic E-state index is 5.05. The average molecular weight is 173 g/mol. The fraction of sp³-hybridized carbons (Fsp3) is 1.00. The van der Waals surface area contributed by atoms with E-state index in [1.54, 1.807) is 7.11 Å². The van der Waals surface area contributed by atoms with E-state index in [2.05, 4.69) is 19.2 Å². The Bertz CT molecular complexity index is 85.9. The van der Waals surface area contributed by atoms with Crippen molar-refractivity contribution in [2.24, 2.45) is 5.92 Å². The first-order chi connectivity index (χ1) is 5.85. The second kappa shape index (κ2) is 9.01. The molecule has 0 saturated heterocycles. The first kappa shape index (κ1) is 11.9. The Morgan fingerprint density at radius 1 is 1.33 bits per heavy atom. The van der Waals surface area contributed by atoms with Gasteiger partial charge in [0.15, 0.2) is 0 Å². The lowest BCUT2D eigenvalue weighted by molar-refractivity contribution is 0.175. The molecule has 0 bridgehead atoms. The molecule has 0 heterocycles. The monoisotopic (exact) mass is 173 g/mol. The van der Waals surface area contributed by atoms with Gasteiger partial charge in [-0.3, -0.25) is 0 Å². The molecule has 2 heteroatoms. The summed E-state index contributed by atoms with van der Waals surface area (Å²) in [5.41, 5.74) is 0. The molecule has 0 aliphatic heterocycles. The zero-order chi connectivity index (χ0) is 9.23. The topological polar surface area (TPSA) is 21.3 Å². The van der Waals surface area contributed by atoms with Gasteiger partial charge in [0.2, 0.25) is 0 Å². The Hall–Kier alpha value is -0.0800. The van der Waals surface area contributed by atoms with Crippen molar-refractivity contribution in [1.29, 1.82) is 0 Å². The van der Waals surface area contributed by atoms with Crippen molar-refractivity contribution < 1.29 is 4.74 Å². The molecule has 0 rings (SSSR count). The SMILES string of the molecule is CCCNCC(CC)CCOC. The molecule has 12 heavy (non-hydrogen) atoms. The fourth-order valence-corrected chi connectivity index (χ4v) is 1.22. The summed E-state index contributed by atoms with van der Waals surface area (Å²) in [7, 11) is 1.77. The Morgan fingerprint density at radius 3 is 2.58 bits per heavy atom. The van der Waals surface area contributed by atoms with Crippen molar-refractivity contribution in [2.45, 2.75) is 33.1 Å². The third kappa shape index (κ3) is 6.62. The molecular weight excluding hydrogens is 150 g/mol. The van der Waals surface area contributed by atoms with Gasteiger partial charge in [0.05, 0.1) is 0 Å². The van der Waals surface area contributed by atoms with Gasteiger partial charge in [-0.2, -0.15) is 0 Å². The first-order valence-electron chi connectivity index (χ1n) is 5.04. The van der Waals surface area contributed by atoms with Crippen LogP contribution in [-0.2, 0) is 4.74 Å². The van der Waals surface area contributed by atoms with Gasteiger partial charge in [0.25, 0.3) is 0 Å². The highest BCUT2D eigenvalue weighted by molar-refractivity contribution is 4.59. The van der Waals surface area contributed by atoms with Crippen LogP contribution in [0, 0.1) is 5.92 Å². The van der Waals surface area contributed by atoms with Crippen LogP contribution in [0.2, 0.25) is 0 Å². The summed E-state index contributed by atoms with van der Waals surface area (Å²) in [6.07, 6.45) is 3.66. The van der Waals surface area contributed by atoms with E-state index in [0.717, 1.165) is 25.6 Å². The van der Waals surface area contributed by atoms with Crippen molar-refractivity contribution in [3.05, 3.63) is 0 Å². The highest BCUT2D eigenvalue weighted by Crippen LogP contribution is 2.06. The van der Waals surface area contributed by atoms with E-state index in [4.69, 9.17) is 4.74 Å². The van der Waals surface area contributed by atoms with E-state index < -0.39 is 0 Å². The lowest BCUT2D eigenvalue weighted by atomic mass is 10.0. The number of nitrogens with one attached hydrogen (secondary N) is 1. The number of methoxy groups -OCH3 is 1. The fourth-order valence-electron chi connectivity index (χ4n) is 1.22. The van der Waals surface area contributed by atoms with Crippen LogP contribution >= 0.6 is 0 Å². The van der Waals surface area contributed by atoms with Crippen LogP contribution in [0.15, 0.2) is 0 Å². The normalized spacial score (nSPS) is 13.2. The molecule has 0 aromatic rings. The lowest BCUT2D eigenvalue weighted by Crippen LogP contribution is -2.24. The summed E-state index contributed by atoms with van der Waals surface area (Å²) in [5, 5.41) is 3.44. The molecule has 1 unspecified atom stereocenters. The molecule has 0 aromatic heterocycles. The molecule has 0 aliphatic rings. The minimum atomic E-state index is 0.788. The lowest BCUT2D eigenvalue weighted by Gasteiger charge is -2.14. The van der Waals surface area contributed by atoms with Crippen molar-refractivity contribution in [2.75, 3.05) is 26.8 Å². The van der Waals surface area contributed by atoms with E-state index in [0.29, 0.717) is 0 Å². The standard InChI is InChI=1S/C10H23NO/c1-4-7-11-9-10(5-2)6-8-12-3/h10-11H,4-9H2,1-3H3. The van der Waals surface area contributed by atoms with Gasteiger partial charge >= 0.3 is 0 Å². The predicted octanol–water partition coefficient (Wildman–Crippen LogP) is 2.05. The average Bonchev–Trinajstić information content (AvgIpc) is 2.11. The second-order valence-electron chi connectivity index (χ2n) is 3.26. The van der Waals surface area contributed by atoms with E-state index in [1.807, 2.05) is 0 Å². The quantitative estimate of drug-likeness (QED) is 0.567. The second-order valence-corrected chi connectivity index (χ2v) is 3.26. The molecule has 1 atom stereocenters. The minimum Gasteiger partial charge on any atom is -0.385 e. The summed E-state index contributed by atoms with van der Waals surface area (Å²) in [6, 6.07) is 0. The first-order valence-corrected chi connectivity index (χ1v) is 5.04. The summed E-state index contributed by atoms with van der Waals surface area (Å²) < 4.78 is 5.05. The summed E-state index contributed by atoms with van der Waals surface area (Å²) in [6.45, 7) is 7.63. The maximum Gasteiger partial charge on any atom is 0.0465 e. The molecule has 1 N–H and O–H groups in total. The van der Waals surface area contributed by atoms with Crippen molar-refractivity contribution in [3.63, 3.8) is 0 Å². The van der Waals surface area contributed by atoms with Gasteiger partial charge in [-0.25, -0.2) is 0 Å². The molecule has 0 aliphatic carbocycles.